The third-order valence-electron chi connectivity index (χ3n) is 5.77. The smallest absolute Gasteiger partial charge is 0.265 e. The molecular formula is C25H26N5O4S-. The third-order valence-corrected chi connectivity index (χ3v) is 7.55. The van der Waals surface area contributed by atoms with Gasteiger partial charge < -0.3 is 15.2 Å². The highest BCUT2D eigenvalue weighted by atomic mass is 32.2. The topological polar surface area (TPSA) is 120 Å². The first-order valence-corrected chi connectivity index (χ1v) is 12.5. The monoisotopic (exact) mass is 492 g/mol. The van der Waals surface area contributed by atoms with E-state index in [9.17, 15) is 18.3 Å². The fourth-order valence-electron chi connectivity index (χ4n) is 3.96. The van der Waals surface area contributed by atoms with Crippen molar-refractivity contribution in [1.82, 2.24) is 18.8 Å². The zero-order valence-electron chi connectivity index (χ0n) is 19.9. The highest BCUT2D eigenvalue weighted by Crippen LogP contribution is 2.26. The van der Waals surface area contributed by atoms with Crippen LogP contribution in [0.1, 0.15) is 22.4 Å². The first-order chi connectivity index (χ1) is 16.6. The molecule has 0 saturated carbocycles. The van der Waals surface area contributed by atoms with Crippen molar-refractivity contribution >= 4 is 33.2 Å². The normalized spacial score (nSPS) is 11.5. The molecular weight excluding hydrogens is 466 g/mol. The molecule has 0 aliphatic heterocycles. The van der Waals surface area contributed by atoms with Gasteiger partial charge in [-0.25, -0.2) is 18.4 Å². The van der Waals surface area contributed by atoms with Crippen LogP contribution in [0.15, 0.2) is 59.5 Å². The molecule has 0 aliphatic rings. The maximum atomic E-state index is 12.8. The van der Waals surface area contributed by atoms with Crippen molar-refractivity contribution in [1.29, 1.82) is 0 Å². The molecule has 0 radical (unpaired) electrons. The third kappa shape index (κ3) is 4.69. The number of imidazole rings is 1. The fraction of sp³-hybridized carbons (Fsp3) is 0.240. The second-order valence-corrected chi connectivity index (χ2v) is 10.2. The summed E-state index contributed by atoms with van der Waals surface area (Å²) in [5.74, 6) is 0.640. The highest BCUT2D eigenvalue weighted by Gasteiger charge is 2.24. The predicted octanol–water partition coefficient (Wildman–Crippen LogP) is 2.96. The molecule has 0 aliphatic carbocycles. The van der Waals surface area contributed by atoms with Crippen LogP contribution in [0.2, 0.25) is 0 Å². The van der Waals surface area contributed by atoms with Gasteiger partial charge in [0.05, 0.1) is 10.6 Å². The summed E-state index contributed by atoms with van der Waals surface area (Å²) in [6.45, 7) is 5.49. The van der Waals surface area contributed by atoms with Crippen LogP contribution in [0.5, 0.6) is 0 Å². The van der Waals surface area contributed by atoms with Crippen LogP contribution in [0.25, 0.3) is 16.9 Å². The lowest BCUT2D eigenvalue weighted by Gasteiger charge is -2.24. The number of fused-ring (bicyclic) bond motifs is 1. The van der Waals surface area contributed by atoms with E-state index in [1.807, 2.05) is 55.7 Å². The van der Waals surface area contributed by atoms with Gasteiger partial charge >= 0.3 is 0 Å². The predicted molar refractivity (Wildman–Crippen MR) is 132 cm³/mol. The molecule has 182 valence electrons. The van der Waals surface area contributed by atoms with E-state index in [0.717, 1.165) is 39.2 Å². The minimum Gasteiger partial charge on any atom is -0.529 e. The van der Waals surface area contributed by atoms with Crippen LogP contribution < -0.4 is 10.4 Å². The Morgan fingerprint density at radius 1 is 1.03 bits per heavy atom. The molecule has 10 heteroatoms. The zero-order valence-corrected chi connectivity index (χ0v) is 20.8. The molecule has 9 nitrogen and oxygen atoms in total. The number of sulfonamides is 1. The minimum atomic E-state index is -4.23. The van der Waals surface area contributed by atoms with Crippen LogP contribution in [0.4, 0.5) is 10.7 Å². The van der Waals surface area contributed by atoms with Gasteiger partial charge in [-0.15, -0.1) is 0 Å². The summed E-state index contributed by atoms with van der Waals surface area (Å²) in [5, 5.41) is 14.8. The lowest BCUT2D eigenvalue weighted by atomic mass is 10.1. The Bertz CT molecular complexity index is 1490. The number of carbonyl (C=O) groups excluding carboxylic acids is 1. The molecule has 4 aromatic rings. The van der Waals surface area contributed by atoms with Gasteiger partial charge in [0.1, 0.15) is 5.52 Å². The van der Waals surface area contributed by atoms with E-state index in [-0.39, 0.29) is 17.9 Å². The van der Waals surface area contributed by atoms with Crippen molar-refractivity contribution in [2.24, 2.45) is 0 Å². The number of carbonyl (C=O) groups is 1. The van der Waals surface area contributed by atoms with Gasteiger partial charge in [0, 0.05) is 19.3 Å². The summed E-state index contributed by atoms with van der Waals surface area (Å²) in [5.41, 5.74) is 5.90. The molecule has 0 bridgehead atoms. The van der Waals surface area contributed by atoms with E-state index < -0.39 is 16.1 Å². The molecule has 0 fully saturated rings. The second-order valence-electron chi connectivity index (χ2n) is 8.35. The lowest BCUT2D eigenvalue weighted by Crippen LogP contribution is -2.45. The molecule has 2 aromatic heterocycles. The number of hydrogen-bond donors (Lipinski definition) is 1. The average Bonchev–Trinajstić information content (AvgIpc) is 3.18. The van der Waals surface area contributed by atoms with Crippen molar-refractivity contribution in [3.05, 3.63) is 77.0 Å². The Morgan fingerprint density at radius 2 is 1.69 bits per heavy atom. The van der Waals surface area contributed by atoms with Gasteiger partial charge in [-0.1, -0.05) is 29.8 Å². The van der Waals surface area contributed by atoms with Crippen molar-refractivity contribution < 1.29 is 18.3 Å². The Balaban J connectivity index is 1.59. The molecule has 4 rings (SSSR count). The minimum absolute atomic E-state index is 0.0904. The Labute approximate surface area is 204 Å². The Hall–Kier alpha value is -3.92. The average molecular weight is 493 g/mol. The van der Waals surface area contributed by atoms with Crippen molar-refractivity contribution in [2.75, 3.05) is 18.9 Å². The number of aryl methyl sites for hydroxylation is 3. The summed E-state index contributed by atoms with van der Waals surface area (Å²) in [4.78, 5) is 20.9. The first kappa shape index (κ1) is 24.2. The summed E-state index contributed by atoms with van der Waals surface area (Å²) in [6.07, 6.45) is -1.57. The van der Waals surface area contributed by atoms with Crippen LogP contribution in [-0.2, 0) is 16.4 Å². The Morgan fingerprint density at radius 3 is 2.29 bits per heavy atom. The fourth-order valence-corrected chi connectivity index (χ4v) is 5.22. The quantitative estimate of drug-likeness (QED) is 0.421. The molecule has 2 aromatic carbocycles. The largest absolute Gasteiger partial charge is 0.529 e. The number of nitrogens with one attached hydrogen (secondary N) is 1. The number of pyridine rings is 1. The van der Waals surface area contributed by atoms with Gasteiger partial charge in [0.25, 0.3) is 10.0 Å². The maximum absolute atomic E-state index is 12.8. The molecule has 1 N–H and O–H groups in total. The van der Waals surface area contributed by atoms with Crippen molar-refractivity contribution in [2.45, 2.75) is 32.1 Å². The molecule has 2 heterocycles. The maximum Gasteiger partial charge on any atom is 0.265 e. The van der Waals surface area contributed by atoms with Crippen molar-refractivity contribution in [3.63, 3.8) is 0 Å². The van der Waals surface area contributed by atoms with E-state index in [1.54, 1.807) is 19.2 Å². The number of amides is 1. The number of anilines is 1. The van der Waals surface area contributed by atoms with Gasteiger partial charge in [-0.05, 0) is 68.7 Å². The van der Waals surface area contributed by atoms with Crippen LogP contribution in [0.3, 0.4) is 0 Å². The summed E-state index contributed by atoms with van der Waals surface area (Å²) in [6, 6.07) is 15.4. The zero-order chi connectivity index (χ0) is 25.3. The Kier molecular flexibility index (Phi) is 6.49. The number of rotatable bonds is 7. The number of aromatic nitrogens is 3. The number of carboxylic acid groups (broad SMARTS) is 1. The molecule has 35 heavy (non-hydrogen) atoms. The van der Waals surface area contributed by atoms with Crippen LogP contribution >= 0.6 is 0 Å². The van der Waals surface area contributed by atoms with Gasteiger partial charge in [0.2, 0.25) is 5.95 Å². The van der Waals surface area contributed by atoms with E-state index in [2.05, 4.69) is 15.3 Å². The number of nitrogens with zero attached hydrogens (tertiary/aromatic N) is 4. The summed E-state index contributed by atoms with van der Waals surface area (Å²) in [7, 11) is -2.44. The molecule has 1 amide bonds. The molecule has 0 saturated heterocycles. The molecule has 0 spiro atoms. The summed E-state index contributed by atoms with van der Waals surface area (Å²) < 4.78 is 28.0. The highest BCUT2D eigenvalue weighted by molar-refractivity contribution is 7.89. The molecule has 0 atom stereocenters. The van der Waals surface area contributed by atoms with E-state index in [0.29, 0.717) is 10.3 Å². The van der Waals surface area contributed by atoms with Gasteiger partial charge in [-0.2, -0.15) is 0 Å². The second kappa shape index (κ2) is 9.38. The van der Waals surface area contributed by atoms with Crippen LogP contribution in [0, 0.1) is 20.8 Å². The standard InChI is InChI=1S/C25H27N5O4S/c1-16-5-11-21(12-6-16)35(33,34)29(25(31)32)14-13-19-7-9-20(10-8-19)30-23-22(28-24(30)26-4)17(2)15-18(3)27-23/h5-12,15H,13-14H2,1-4H3,(H,26,28)(H,31,32)/p-1. The van der Waals surface area contributed by atoms with Crippen LogP contribution in [-0.4, -0.2) is 46.9 Å². The van der Waals surface area contributed by atoms with Gasteiger partial charge in [-0.3, -0.25) is 8.87 Å². The van der Waals surface area contributed by atoms with Gasteiger partial charge in [0.15, 0.2) is 11.7 Å². The SMILES string of the molecule is CNc1nc2c(C)cc(C)nc2n1-c1ccc(CCN(C(=O)[O-])S(=O)(=O)c2ccc(C)cc2)cc1. The van der Waals surface area contributed by atoms with E-state index in [4.69, 9.17) is 0 Å². The number of hydrogen-bond acceptors (Lipinski definition) is 7. The van der Waals surface area contributed by atoms with E-state index in [1.165, 1.54) is 12.1 Å². The lowest BCUT2D eigenvalue weighted by molar-refractivity contribution is -0.259. The number of benzene rings is 2. The van der Waals surface area contributed by atoms with Crippen molar-refractivity contribution in [3.8, 4) is 5.69 Å². The first-order valence-electron chi connectivity index (χ1n) is 11.1. The summed E-state index contributed by atoms with van der Waals surface area (Å²) >= 11 is 0. The van der Waals surface area contributed by atoms with E-state index >= 15 is 0 Å². The molecule has 0 unspecified atom stereocenters.